The highest BCUT2D eigenvalue weighted by Gasteiger charge is 2.52. The third kappa shape index (κ3) is 2.06. The van der Waals surface area contributed by atoms with Crippen molar-refractivity contribution in [1.29, 1.82) is 0 Å². The van der Waals surface area contributed by atoms with E-state index in [-0.39, 0.29) is 11.2 Å². The van der Waals surface area contributed by atoms with Gasteiger partial charge in [0.2, 0.25) is 0 Å². The van der Waals surface area contributed by atoms with Crippen LogP contribution in [0.15, 0.2) is 15.8 Å². The molecule has 0 aliphatic carbocycles. The number of nitrogens with zero attached hydrogens (tertiary/aromatic N) is 2. The fourth-order valence-corrected chi connectivity index (χ4v) is 1.97. The van der Waals surface area contributed by atoms with E-state index < -0.39 is 18.3 Å². The molecule has 1 aromatic heterocycles. The van der Waals surface area contributed by atoms with Gasteiger partial charge in [-0.15, -0.1) is 0 Å². The van der Waals surface area contributed by atoms with E-state index >= 15 is 0 Å². The van der Waals surface area contributed by atoms with Crippen LogP contribution >= 0.6 is 0 Å². The molecule has 104 valence electrons. The molecule has 1 aliphatic heterocycles. The molecule has 0 amide bonds. The Morgan fingerprint density at radius 3 is 2.00 bits per heavy atom. The SMILES string of the molecule is Cn1cc(B2OC(C)(C)C(C)(C)O2)c(=O)n(C)c1=O. The Bertz CT molecular complexity index is 614. The highest BCUT2D eigenvalue weighted by Crippen LogP contribution is 2.36. The standard InChI is InChI=1S/C12H19BN2O4/c1-11(2)12(3,4)19-13(18-11)8-7-14(5)10(17)15(6)9(8)16/h7H,1-6H3. The molecule has 1 fully saturated rings. The van der Waals surface area contributed by atoms with Crippen LogP contribution in [-0.2, 0) is 23.4 Å². The fraction of sp³-hybridized carbons (Fsp3) is 0.667. The lowest BCUT2D eigenvalue weighted by Crippen LogP contribution is -2.53. The number of aryl methyl sites for hydroxylation is 1. The molecule has 19 heavy (non-hydrogen) atoms. The van der Waals surface area contributed by atoms with Gasteiger partial charge in [-0.3, -0.25) is 9.36 Å². The average molecular weight is 266 g/mol. The summed E-state index contributed by atoms with van der Waals surface area (Å²) >= 11 is 0. The highest BCUT2D eigenvalue weighted by molar-refractivity contribution is 6.61. The monoisotopic (exact) mass is 266 g/mol. The van der Waals surface area contributed by atoms with Crippen molar-refractivity contribution in [2.75, 3.05) is 0 Å². The third-order valence-electron chi connectivity index (χ3n) is 3.98. The first-order chi connectivity index (χ1) is 8.57. The Hall–Kier alpha value is -1.34. The summed E-state index contributed by atoms with van der Waals surface area (Å²) in [5.41, 5.74) is -1.45. The first kappa shape index (κ1) is 14.1. The van der Waals surface area contributed by atoms with Crippen molar-refractivity contribution >= 4 is 12.6 Å². The molecule has 7 heteroatoms. The normalized spacial score (nSPS) is 20.8. The second kappa shape index (κ2) is 4.08. The van der Waals surface area contributed by atoms with Gasteiger partial charge in [-0.05, 0) is 27.7 Å². The fourth-order valence-electron chi connectivity index (χ4n) is 1.97. The summed E-state index contributed by atoms with van der Waals surface area (Å²) in [6.07, 6.45) is 1.48. The molecule has 0 spiro atoms. The summed E-state index contributed by atoms with van der Waals surface area (Å²) in [5, 5.41) is 0. The van der Waals surface area contributed by atoms with Gasteiger partial charge >= 0.3 is 12.8 Å². The first-order valence-corrected chi connectivity index (χ1v) is 6.19. The van der Waals surface area contributed by atoms with Crippen molar-refractivity contribution in [3.8, 4) is 0 Å². The van der Waals surface area contributed by atoms with Crippen LogP contribution in [0.5, 0.6) is 0 Å². The summed E-state index contributed by atoms with van der Waals surface area (Å²) < 4.78 is 14.1. The van der Waals surface area contributed by atoms with Crippen LogP contribution in [0.3, 0.4) is 0 Å². The van der Waals surface area contributed by atoms with E-state index in [4.69, 9.17) is 9.31 Å². The van der Waals surface area contributed by atoms with Crippen LogP contribution in [0.25, 0.3) is 0 Å². The van der Waals surface area contributed by atoms with E-state index in [1.54, 1.807) is 7.05 Å². The van der Waals surface area contributed by atoms with Crippen molar-refractivity contribution in [3.05, 3.63) is 27.0 Å². The van der Waals surface area contributed by atoms with E-state index in [0.29, 0.717) is 5.46 Å². The molecular formula is C12H19BN2O4. The van der Waals surface area contributed by atoms with Crippen LogP contribution in [0.2, 0.25) is 0 Å². The lowest BCUT2D eigenvalue weighted by atomic mass is 9.81. The molecule has 0 atom stereocenters. The molecule has 6 nitrogen and oxygen atoms in total. The van der Waals surface area contributed by atoms with Crippen LogP contribution in [0, 0.1) is 0 Å². The molecule has 0 radical (unpaired) electrons. The maximum atomic E-state index is 12.1. The van der Waals surface area contributed by atoms with E-state index in [9.17, 15) is 9.59 Å². The van der Waals surface area contributed by atoms with E-state index in [0.717, 1.165) is 4.57 Å². The predicted molar refractivity (Wildman–Crippen MR) is 72.6 cm³/mol. The summed E-state index contributed by atoms with van der Waals surface area (Å²) in [7, 11) is 2.28. The molecule has 1 aromatic rings. The summed E-state index contributed by atoms with van der Waals surface area (Å²) in [5.74, 6) is 0. The van der Waals surface area contributed by atoms with E-state index in [1.165, 1.54) is 17.8 Å². The van der Waals surface area contributed by atoms with Gasteiger partial charge in [0.15, 0.2) is 0 Å². The van der Waals surface area contributed by atoms with Crippen LogP contribution in [0.1, 0.15) is 27.7 Å². The van der Waals surface area contributed by atoms with Gasteiger partial charge in [0.25, 0.3) is 5.56 Å². The zero-order chi connectivity index (χ0) is 14.6. The quantitative estimate of drug-likeness (QED) is 0.636. The third-order valence-corrected chi connectivity index (χ3v) is 3.98. The molecule has 0 N–H and O–H groups in total. The van der Waals surface area contributed by atoms with Crippen LogP contribution in [0.4, 0.5) is 0 Å². The number of hydrogen-bond donors (Lipinski definition) is 0. The van der Waals surface area contributed by atoms with Crippen LogP contribution < -0.4 is 16.7 Å². The van der Waals surface area contributed by atoms with Gasteiger partial charge in [0, 0.05) is 20.3 Å². The Kier molecular flexibility index (Phi) is 3.02. The second-order valence-electron chi connectivity index (χ2n) is 5.93. The molecule has 0 aromatic carbocycles. The van der Waals surface area contributed by atoms with Crippen molar-refractivity contribution in [3.63, 3.8) is 0 Å². The Morgan fingerprint density at radius 2 is 1.53 bits per heavy atom. The first-order valence-electron chi connectivity index (χ1n) is 6.19. The Balaban J connectivity index is 2.52. The Labute approximate surface area is 112 Å². The van der Waals surface area contributed by atoms with Gasteiger partial charge in [0.05, 0.1) is 16.7 Å². The summed E-state index contributed by atoms with van der Waals surface area (Å²) in [6, 6.07) is 0. The number of aromatic nitrogens is 2. The highest BCUT2D eigenvalue weighted by atomic mass is 16.7. The molecule has 0 bridgehead atoms. The van der Waals surface area contributed by atoms with Crippen molar-refractivity contribution in [2.24, 2.45) is 14.1 Å². The Morgan fingerprint density at radius 1 is 1.05 bits per heavy atom. The minimum atomic E-state index is -0.754. The maximum Gasteiger partial charge on any atom is 0.502 e. The molecule has 1 saturated heterocycles. The predicted octanol–water partition coefficient (Wildman–Crippen LogP) is -0.617. The van der Waals surface area contributed by atoms with Crippen molar-refractivity contribution in [1.82, 2.24) is 9.13 Å². The molecule has 2 heterocycles. The minimum Gasteiger partial charge on any atom is -0.399 e. The lowest BCUT2D eigenvalue weighted by molar-refractivity contribution is 0.00578. The van der Waals surface area contributed by atoms with Crippen LogP contribution in [-0.4, -0.2) is 27.5 Å². The molecule has 0 unspecified atom stereocenters. The van der Waals surface area contributed by atoms with Gasteiger partial charge in [-0.25, -0.2) is 4.79 Å². The van der Waals surface area contributed by atoms with Gasteiger partial charge in [0.1, 0.15) is 0 Å². The lowest BCUT2D eigenvalue weighted by Gasteiger charge is -2.32. The summed E-state index contributed by atoms with van der Waals surface area (Å²) in [6.45, 7) is 7.66. The minimum absolute atomic E-state index is 0.336. The molecule has 0 saturated carbocycles. The maximum absolute atomic E-state index is 12.1. The van der Waals surface area contributed by atoms with Crippen molar-refractivity contribution in [2.45, 2.75) is 38.9 Å². The number of hydrogen-bond acceptors (Lipinski definition) is 4. The molecule has 2 rings (SSSR count). The number of rotatable bonds is 1. The topological polar surface area (TPSA) is 62.5 Å². The second-order valence-corrected chi connectivity index (χ2v) is 5.93. The zero-order valence-corrected chi connectivity index (χ0v) is 12.2. The summed E-state index contributed by atoms with van der Waals surface area (Å²) in [4.78, 5) is 23.8. The van der Waals surface area contributed by atoms with Gasteiger partial charge in [-0.2, -0.15) is 0 Å². The zero-order valence-electron chi connectivity index (χ0n) is 12.2. The largest absolute Gasteiger partial charge is 0.502 e. The van der Waals surface area contributed by atoms with Gasteiger partial charge < -0.3 is 13.9 Å². The van der Waals surface area contributed by atoms with Gasteiger partial charge in [-0.1, -0.05) is 0 Å². The van der Waals surface area contributed by atoms with Crippen molar-refractivity contribution < 1.29 is 9.31 Å². The van der Waals surface area contributed by atoms with E-state index in [1.807, 2.05) is 27.7 Å². The molecular weight excluding hydrogens is 247 g/mol. The smallest absolute Gasteiger partial charge is 0.399 e. The average Bonchev–Trinajstić information content (AvgIpc) is 2.50. The molecule has 1 aliphatic rings. The van der Waals surface area contributed by atoms with E-state index in [2.05, 4.69) is 0 Å².